The van der Waals surface area contributed by atoms with Crippen molar-refractivity contribution in [3.05, 3.63) is 11.6 Å². The Morgan fingerprint density at radius 3 is 2.59 bits per heavy atom. The number of fused-ring (bicyclic) bond motifs is 1. The van der Waals surface area contributed by atoms with E-state index >= 15 is 0 Å². The zero-order chi connectivity index (χ0) is 19.2. The summed E-state index contributed by atoms with van der Waals surface area (Å²) in [6.07, 6.45) is 9.18. The van der Waals surface area contributed by atoms with Gasteiger partial charge in [-0.05, 0) is 56.8 Å². The zero-order valence-electron chi connectivity index (χ0n) is 17.0. The second-order valence-corrected chi connectivity index (χ2v) is 10.3. The molecule has 2 saturated heterocycles. The van der Waals surface area contributed by atoms with E-state index in [1.54, 1.807) is 6.92 Å². The fourth-order valence-corrected chi connectivity index (χ4v) is 8.25. The van der Waals surface area contributed by atoms with Crippen molar-refractivity contribution in [2.45, 2.75) is 90.4 Å². The molecule has 6 aliphatic rings. The number of Topliss-reactive ketones (excluding diaryl/α,β-unsaturated/α-hetero) is 1. The van der Waals surface area contributed by atoms with Gasteiger partial charge < -0.3 is 9.47 Å². The van der Waals surface area contributed by atoms with E-state index in [0.29, 0.717) is 24.2 Å². The van der Waals surface area contributed by atoms with Crippen molar-refractivity contribution in [2.24, 2.45) is 28.6 Å². The number of carbonyl (C=O) groups is 2. The van der Waals surface area contributed by atoms with Crippen LogP contribution in [0.25, 0.3) is 0 Å². The molecule has 3 saturated carbocycles. The van der Waals surface area contributed by atoms with E-state index in [4.69, 9.17) is 9.47 Å². The van der Waals surface area contributed by atoms with E-state index in [-0.39, 0.29) is 34.8 Å². The average Bonchev–Trinajstić information content (AvgIpc) is 2.89. The van der Waals surface area contributed by atoms with Crippen LogP contribution in [0.3, 0.4) is 0 Å². The van der Waals surface area contributed by atoms with Crippen molar-refractivity contribution in [1.82, 2.24) is 0 Å². The van der Waals surface area contributed by atoms with E-state index in [1.807, 2.05) is 0 Å². The molecule has 6 bridgehead atoms. The largest absolute Gasteiger partial charge is 0.462 e. The minimum atomic E-state index is -0.659. The predicted octanol–water partition coefficient (Wildman–Crippen LogP) is 4.22. The summed E-state index contributed by atoms with van der Waals surface area (Å²) in [4.78, 5) is 24.7. The quantitative estimate of drug-likeness (QED) is 0.538. The summed E-state index contributed by atoms with van der Waals surface area (Å²) in [5.74, 6) is 1.85. The van der Waals surface area contributed by atoms with Crippen molar-refractivity contribution < 1.29 is 19.1 Å². The lowest BCUT2D eigenvalue weighted by Crippen LogP contribution is -2.66. The maximum atomic E-state index is 13.1. The third kappa shape index (κ3) is 2.03. The number of esters is 1. The van der Waals surface area contributed by atoms with Crippen molar-refractivity contribution >= 4 is 11.8 Å². The van der Waals surface area contributed by atoms with Gasteiger partial charge >= 0.3 is 5.97 Å². The van der Waals surface area contributed by atoms with E-state index < -0.39 is 5.60 Å². The van der Waals surface area contributed by atoms with Gasteiger partial charge in [0.15, 0.2) is 5.78 Å². The molecule has 0 radical (unpaired) electrons. The average molecular weight is 373 g/mol. The monoisotopic (exact) mass is 372 g/mol. The Bertz CT molecular complexity index is 741. The Hall–Kier alpha value is -1.16. The normalized spacial score (nSPS) is 52.6. The van der Waals surface area contributed by atoms with Gasteiger partial charge in [0.05, 0.1) is 6.10 Å². The second kappa shape index (κ2) is 5.46. The van der Waals surface area contributed by atoms with E-state index in [1.165, 1.54) is 18.9 Å². The van der Waals surface area contributed by atoms with Crippen LogP contribution in [0.5, 0.6) is 0 Å². The first-order valence-corrected chi connectivity index (χ1v) is 10.8. The van der Waals surface area contributed by atoms with E-state index in [2.05, 4.69) is 19.9 Å². The van der Waals surface area contributed by atoms with E-state index in [9.17, 15) is 9.59 Å². The number of ketones is 1. The van der Waals surface area contributed by atoms with Crippen LogP contribution in [-0.2, 0) is 19.1 Å². The summed E-state index contributed by atoms with van der Waals surface area (Å²) in [6, 6.07) is 0. The van der Waals surface area contributed by atoms with Gasteiger partial charge in [-0.15, -0.1) is 0 Å². The first kappa shape index (κ1) is 17.9. The lowest BCUT2D eigenvalue weighted by Gasteiger charge is -2.65. The van der Waals surface area contributed by atoms with Crippen molar-refractivity contribution in [1.29, 1.82) is 0 Å². The Morgan fingerprint density at radius 2 is 1.89 bits per heavy atom. The van der Waals surface area contributed by atoms with Gasteiger partial charge in [-0.25, -0.2) is 0 Å². The Labute approximate surface area is 162 Å². The molecule has 8 atom stereocenters. The third-order valence-electron chi connectivity index (χ3n) is 9.49. The van der Waals surface area contributed by atoms with Crippen LogP contribution >= 0.6 is 0 Å². The molecule has 2 aliphatic heterocycles. The predicted molar refractivity (Wildman–Crippen MR) is 101 cm³/mol. The maximum Gasteiger partial charge on any atom is 0.302 e. The number of allylic oxidation sites excluding steroid dienone is 1. The van der Waals surface area contributed by atoms with Gasteiger partial charge in [0.1, 0.15) is 11.7 Å². The summed E-state index contributed by atoms with van der Waals surface area (Å²) >= 11 is 0. The molecule has 0 amide bonds. The number of hydrogen-bond donors (Lipinski definition) is 0. The second-order valence-electron chi connectivity index (χ2n) is 10.3. The molecule has 0 aromatic rings. The molecule has 148 valence electrons. The van der Waals surface area contributed by atoms with Gasteiger partial charge in [0, 0.05) is 30.6 Å². The van der Waals surface area contributed by atoms with Gasteiger partial charge in [0.25, 0.3) is 0 Å². The van der Waals surface area contributed by atoms with Crippen LogP contribution in [0.2, 0.25) is 0 Å². The number of rotatable bonds is 2. The Balaban J connectivity index is 1.66. The fourth-order valence-electron chi connectivity index (χ4n) is 8.25. The minimum absolute atomic E-state index is 0.0232. The van der Waals surface area contributed by atoms with Gasteiger partial charge in [0.2, 0.25) is 0 Å². The highest BCUT2D eigenvalue weighted by Gasteiger charge is 2.71. The summed E-state index contributed by atoms with van der Waals surface area (Å²) in [5.41, 5.74) is 0.675. The fraction of sp³-hybridized carbons (Fsp3) is 0.826. The van der Waals surface area contributed by atoms with Crippen molar-refractivity contribution in [3.63, 3.8) is 0 Å². The number of carbonyl (C=O) groups excluding carboxylic acids is 2. The minimum Gasteiger partial charge on any atom is -0.462 e. The van der Waals surface area contributed by atoms with Crippen LogP contribution in [0.15, 0.2) is 11.6 Å². The molecular weight excluding hydrogens is 340 g/mol. The molecule has 4 nitrogen and oxygen atoms in total. The summed E-state index contributed by atoms with van der Waals surface area (Å²) in [5, 5.41) is 0. The van der Waals surface area contributed by atoms with Crippen LogP contribution in [0.1, 0.15) is 72.6 Å². The lowest BCUT2D eigenvalue weighted by atomic mass is 9.45. The maximum absolute atomic E-state index is 13.1. The molecule has 0 spiro atoms. The molecule has 5 fully saturated rings. The molecular formula is C23H32O4. The lowest BCUT2D eigenvalue weighted by molar-refractivity contribution is -0.246. The number of hydrogen-bond acceptors (Lipinski definition) is 4. The Kier molecular flexibility index (Phi) is 3.62. The van der Waals surface area contributed by atoms with Gasteiger partial charge in [-0.3, -0.25) is 9.59 Å². The molecule has 0 N–H and O–H groups in total. The standard InChI is InChI=1S/C23H32O4/c1-13(24)23-10-8-18-17-6-5-15-11-16(26-14(2)25)12-20(27-23)22(15,4)19(17)7-9-21(18,23)3/h5,16-20H,6-12H2,1-4H3/t16?,17-,18-,19-,20?,21-,22-,23-/m0/s1. The smallest absolute Gasteiger partial charge is 0.302 e. The molecule has 0 aromatic carbocycles. The van der Waals surface area contributed by atoms with Gasteiger partial charge in [-0.1, -0.05) is 25.5 Å². The summed E-state index contributed by atoms with van der Waals surface area (Å²) in [7, 11) is 0. The molecule has 4 heteroatoms. The molecule has 2 heterocycles. The van der Waals surface area contributed by atoms with Crippen LogP contribution in [-0.4, -0.2) is 29.6 Å². The van der Waals surface area contributed by atoms with Gasteiger partial charge in [-0.2, -0.15) is 0 Å². The van der Waals surface area contributed by atoms with Crippen LogP contribution in [0.4, 0.5) is 0 Å². The molecule has 27 heavy (non-hydrogen) atoms. The summed E-state index contributed by atoms with van der Waals surface area (Å²) in [6.45, 7) is 7.93. The zero-order valence-corrected chi connectivity index (χ0v) is 17.0. The Morgan fingerprint density at radius 1 is 1.15 bits per heavy atom. The highest BCUT2D eigenvalue weighted by molar-refractivity contribution is 5.86. The summed E-state index contributed by atoms with van der Waals surface area (Å²) < 4.78 is 12.6. The SMILES string of the molecule is CC(=O)OC1CC2=CC[C@H]3[C@@H]4CC[C@@]5(C(C)=O)OC(C1)[C@]2(C)[C@H]3CC[C@@]45C. The topological polar surface area (TPSA) is 52.6 Å². The van der Waals surface area contributed by atoms with Crippen LogP contribution < -0.4 is 0 Å². The first-order valence-electron chi connectivity index (χ1n) is 10.8. The van der Waals surface area contributed by atoms with Crippen molar-refractivity contribution in [3.8, 4) is 0 Å². The highest BCUT2D eigenvalue weighted by Crippen LogP contribution is 2.71. The molecule has 0 aromatic heterocycles. The molecule has 4 aliphatic carbocycles. The first-order chi connectivity index (χ1) is 12.7. The molecule has 6 rings (SSSR count). The van der Waals surface area contributed by atoms with Crippen LogP contribution in [0, 0.1) is 28.6 Å². The van der Waals surface area contributed by atoms with Crippen molar-refractivity contribution in [2.75, 3.05) is 0 Å². The highest BCUT2D eigenvalue weighted by atomic mass is 16.5. The third-order valence-corrected chi connectivity index (χ3v) is 9.49. The van der Waals surface area contributed by atoms with E-state index in [0.717, 1.165) is 32.1 Å². The molecule has 2 unspecified atom stereocenters. The number of ether oxygens (including phenoxy) is 2.